The number of hydrogen-bond acceptors (Lipinski definition) is 4. The van der Waals surface area contributed by atoms with Crippen LogP contribution in [0.5, 0.6) is 0 Å². The molecule has 0 aromatic carbocycles. The van der Waals surface area contributed by atoms with Gasteiger partial charge in [-0.2, -0.15) is 0 Å². The van der Waals surface area contributed by atoms with Crippen LogP contribution in [0.3, 0.4) is 0 Å². The summed E-state index contributed by atoms with van der Waals surface area (Å²) < 4.78 is 4.85. The van der Waals surface area contributed by atoms with Crippen molar-refractivity contribution >= 4 is 6.29 Å². The van der Waals surface area contributed by atoms with Crippen molar-refractivity contribution in [2.75, 3.05) is 13.2 Å². The fourth-order valence-electron chi connectivity index (χ4n) is 0.619. The van der Waals surface area contributed by atoms with Crippen molar-refractivity contribution in [2.24, 2.45) is 5.84 Å². The minimum Gasteiger partial charge on any atom is -0.353 e. The van der Waals surface area contributed by atoms with Crippen molar-refractivity contribution in [3.05, 3.63) is 0 Å². The molecular weight excluding hydrogens is 108 g/mol. The van der Waals surface area contributed by atoms with Gasteiger partial charge in [0.15, 0.2) is 12.5 Å². The number of nitrogens with zero attached hydrogens (tertiary/aromatic N) is 1. The van der Waals surface area contributed by atoms with Gasteiger partial charge in [-0.05, 0) is 0 Å². The Morgan fingerprint density at radius 1 is 1.88 bits per heavy atom. The van der Waals surface area contributed by atoms with E-state index in [0.29, 0.717) is 19.4 Å². The van der Waals surface area contributed by atoms with Gasteiger partial charge in [-0.1, -0.05) is 0 Å². The fourth-order valence-corrected chi connectivity index (χ4v) is 0.619. The molecule has 2 N–H and O–H groups in total. The molecule has 8 heavy (non-hydrogen) atoms. The second-order valence-corrected chi connectivity index (χ2v) is 1.64. The average Bonchev–Trinajstić information content (AvgIpc) is 2.14. The third-order valence-electron chi connectivity index (χ3n) is 1.08. The number of carbonyl (C=O) groups is 1. The Morgan fingerprint density at radius 2 is 2.62 bits per heavy atom. The van der Waals surface area contributed by atoms with E-state index in [1.807, 2.05) is 0 Å². The van der Waals surface area contributed by atoms with Crippen LogP contribution in [0.1, 0.15) is 0 Å². The highest BCUT2D eigenvalue weighted by Crippen LogP contribution is 1.99. The lowest BCUT2D eigenvalue weighted by Gasteiger charge is -2.08. The normalized spacial score (nSPS) is 30.9. The highest BCUT2D eigenvalue weighted by atomic mass is 16.5. The number of nitrogens with two attached hydrogens (primary N) is 1. The number of rotatable bonds is 1. The van der Waals surface area contributed by atoms with Gasteiger partial charge < -0.3 is 4.74 Å². The predicted octanol–water partition coefficient (Wildman–Crippen LogP) is -1.28. The molecule has 0 saturated carbocycles. The van der Waals surface area contributed by atoms with Gasteiger partial charge in [0.1, 0.15) is 0 Å². The topological polar surface area (TPSA) is 55.6 Å². The highest BCUT2D eigenvalue weighted by molar-refractivity contribution is 5.55. The molecule has 1 fully saturated rings. The zero-order valence-corrected chi connectivity index (χ0v) is 4.41. The van der Waals surface area contributed by atoms with Gasteiger partial charge in [-0.3, -0.25) is 10.6 Å². The van der Waals surface area contributed by atoms with E-state index in [9.17, 15) is 4.79 Å². The number of aldehydes is 1. The SMILES string of the molecule is NN1CCOC1C=O. The minimum absolute atomic E-state index is 0.505. The van der Waals surface area contributed by atoms with Crippen LogP contribution in [0.25, 0.3) is 0 Å². The molecule has 0 spiro atoms. The van der Waals surface area contributed by atoms with E-state index in [2.05, 4.69) is 0 Å². The zero-order chi connectivity index (χ0) is 5.98. The van der Waals surface area contributed by atoms with Crippen LogP contribution >= 0.6 is 0 Å². The molecule has 0 aromatic rings. The number of hydrazine groups is 1. The fraction of sp³-hybridized carbons (Fsp3) is 0.750. The second-order valence-electron chi connectivity index (χ2n) is 1.64. The summed E-state index contributed by atoms with van der Waals surface area (Å²) in [6.45, 7) is 1.20. The Morgan fingerprint density at radius 3 is 2.88 bits per heavy atom. The van der Waals surface area contributed by atoms with Crippen LogP contribution in [0.2, 0.25) is 0 Å². The maximum absolute atomic E-state index is 9.97. The zero-order valence-electron chi connectivity index (χ0n) is 4.41. The van der Waals surface area contributed by atoms with Crippen LogP contribution < -0.4 is 5.84 Å². The van der Waals surface area contributed by atoms with Crippen molar-refractivity contribution < 1.29 is 9.53 Å². The van der Waals surface area contributed by atoms with Gasteiger partial charge in [0.25, 0.3) is 0 Å². The maximum Gasteiger partial charge on any atom is 0.179 e. The van der Waals surface area contributed by atoms with Gasteiger partial charge in [-0.15, -0.1) is 0 Å². The molecule has 1 unspecified atom stereocenters. The van der Waals surface area contributed by atoms with E-state index < -0.39 is 6.23 Å². The minimum atomic E-state index is -0.505. The largest absolute Gasteiger partial charge is 0.353 e. The molecule has 1 saturated heterocycles. The Balaban J connectivity index is 2.41. The quantitative estimate of drug-likeness (QED) is 0.342. The molecule has 4 nitrogen and oxygen atoms in total. The predicted molar refractivity (Wildman–Crippen MR) is 26.7 cm³/mol. The Kier molecular flexibility index (Phi) is 1.57. The molecule has 1 aliphatic heterocycles. The van der Waals surface area contributed by atoms with E-state index in [1.165, 1.54) is 5.01 Å². The monoisotopic (exact) mass is 116 g/mol. The van der Waals surface area contributed by atoms with Gasteiger partial charge in [-0.25, -0.2) is 5.01 Å². The lowest BCUT2D eigenvalue weighted by molar-refractivity contribution is -0.121. The van der Waals surface area contributed by atoms with Gasteiger partial charge in [0.05, 0.1) is 6.61 Å². The summed E-state index contributed by atoms with van der Waals surface area (Å²) in [4.78, 5) is 9.97. The maximum atomic E-state index is 9.97. The Labute approximate surface area is 47.2 Å². The van der Waals surface area contributed by atoms with E-state index in [0.717, 1.165) is 0 Å². The van der Waals surface area contributed by atoms with Crippen LogP contribution in [0.4, 0.5) is 0 Å². The molecule has 0 bridgehead atoms. The van der Waals surface area contributed by atoms with Crippen molar-refractivity contribution in [1.29, 1.82) is 0 Å². The molecule has 0 aliphatic carbocycles. The third kappa shape index (κ3) is 0.861. The molecule has 46 valence electrons. The van der Waals surface area contributed by atoms with Gasteiger partial charge >= 0.3 is 0 Å². The number of carbonyl (C=O) groups excluding carboxylic acids is 1. The van der Waals surface area contributed by atoms with Gasteiger partial charge in [0, 0.05) is 6.54 Å². The molecule has 0 amide bonds. The standard InChI is InChI=1S/C4H8N2O2/c5-6-1-2-8-4(6)3-7/h3-4H,1-2,5H2. The molecule has 1 atom stereocenters. The lowest BCUT2D eigenvalue weighted by Crippen LogP contribution is -2.37. The van der Waals surface area contributed by atoms with Crippen LogP contribution in [0.15, 0.2) is 0 Å². The molecular formula is C4H8N2O2. The first-order valence-electron chi connectivity index (χ1n) is 2.43. The average molecular weight is 116 g/mol. The smallest absolute Gasteiger partial charge is 0.179 e. The molecule has 0 radical (unpaired) electrons. The van der Waals surface area contributed by atoms with E-state index >= 15 is 0 Å². The van der Waals surface area contributed by atoms with Gasteiger partial charge in [0.2, 0.25) is 0 Å². The van der Waals surface area contributed by atoms with Crippen LogP contribution in [-0.4, -0.2) is 30.7 Å². The summed E-state index contributed by atoms with van der Waals surface area (Å²) >= 11 is 0. The summed E-state index contributed by atoms with van der Waals surface area (Å²) in [5.41, 5.74) is 0. The van der Waals surface area contributed by atoms with Crippen molar-refractivity contribution in [1.82, 2.24) is 5.01 Å². The molecule has 1 aliphatic rings. The number of ether oxygens (including phenoxy) is 1. The molecule has 0 aromatic heterocycles. The second kappa shape index (κ2) is 2.21. The van der Waals surface area contributed by atoms with E-state index in [1.54, 1.807) is 0 Å². The molecule has 4 heteroatoms. The summed E-state index contributed by atoms with van der Waals surface area (Å²) in [7, 11) is 0. The lowest BCUT2D eigenvalue weighted by atomic mass is 10.6. The summed E-state index contributed by atoms with van der Waals surface area (Å²) in [6, 6.07) is 0. The Hall–Kier alpha value is -0.450. The molecule has 1 rings (SSSR count). The number of hydrogen-bond donors (Lipinski definition) is 1. The van der Waals surface area contributed by atoms with Crippen LogP contribution in [0, 0.1) is 0 Å². The molecule has 1 heterocycles. The summed E-state index contributed by atoms with van der Waals surface area (Å²) in [5, 5.41) is 1.37. The third-order valence-corrected chi connectivity index (χ3v) is 1.08. The summed E-state index contributed by atoms with van der Waals surface area (Å²) in [6.07, 6.45) is 0.183. The van der Waals surface area contributed by atoms with E-state index in [-0.39, 0.29) is 0 Å². The van der Waals surface area contributed by atoms with Crippen molar-refractivity contribution in [2.45, 2.75) is 6.23 Å². The summed E-state index contributed by atoms with van der Waals surface area (Å²) in [5.74, 6) is 5.27. The van der Waals surface area contributed by atoms with Crippen molar-refractivity contribution in [3.8, 4) is 0 Å². The van der Waals surface area contributed by atoms with Crippen molar-refractivity contribution in [3.63, 3.8) is 0 Å². The first-order chi connectivity index (χ1) is 3.84. The van der Waals surface area contributed by atoms with Crippen LogP contribution in [-0.2, 0) is 9.53 Å². The Bertz CT molecular complexity index is 96.0. The van der Waals surface area contributed by atoms with E-state index in [4.69, 9.17) is 10.6 Å². The first kappa shape index (κ1) is 5.68. The highest BCUT2D eigenvalue weighted by Gasteiger charge is 2.20. The first-order valence-corrected chi connectivity index (χ1v) is 2.43.